The molecule has 0 aromatic carbocycles. The molecule has 11 heavy (non-hydrogen) atoms. The van der Waals surface area contributed by atoms with Gasteiger partial charge in [0.15, 0.2) is 0 Å². The second kappa shape index (κ2) is 3.14. The van der Waals surface area contributed by atoms with E-state index in [1.54, 1.807) is 0 Å². The molecule has 1 rings (SSSR count). The fourth-order valence-corrected chi connectivity index (χ4v) is 1.94. The van der Waals surface area contributed by atoms with E-state index in [0.717, 1.165) is 5.92 Å². The Kier molecular flexibility index (Phi) is 2.58. The molecular weight excluding hydrogens is 134 g/mol. The van der Waals surface area contributed by atoms with E-state index in [9.17, 15) is 0 Å². The van der Waals surface area contributed by atoms with Crippen LogP contribution in [-0.4, -0.2) is 24.0 Å². The van der Waals surface area contributed by atoms with Crippen LogP contribution in [0, 0.1) is 5.92 Å². The molecule has 0 N–H and O–H groups in total. The van der Waals surface area contributed by atoms with Crippen LogP contribution in [0.3, 0.4) is 0 Å². The van der Waals surface area contributed by atoms with Gasteiger partial charge in [0.25, 0.3) is 0 Å². The van der Waals surface area contributed by atoms with Crippen LogP contribution in [0.25, 0.3) is 0 Å². The van der Waals surface area contributed by atoms with E-state index in [1.165, 1.54) is 25.8 Å². The number of rotatable bonds is 4. The Labute approximate surface area is 70.8 Å². The normalized spacial score (nSPS) is 23.7. The molecule has 0 aromatic heterocycles. The van der Waals surface area contributed by atoms with Gasteiger partial charge in [0.05, 0.1) is 0 Å². The molecular formula is C10H21N. The molecule has 0 aliphatic heterocycles. The molecule has 1 saturated carbocycles. The molecule has 66 valence electrons. The van der Waals surface area contributed by atoms with Crippen LogP contribution < -0.4 is 0 Å². The van der Waals surface area contributed by atoms with Crippen LogP contribution in [0.4, 0.5) is 0 Å². The SMILES string of the molecule is CCN(C)C(C)(CC)C1CC1. The van der Waals surface area contributed by atoms with Crippen molar-refractivity contribution in [3.63, 3.8) is 0 Å². The smallest absolute Gasteiger partial charge is 0.0203 e. The summed E-state index contributed by atoms with van der Waals surface area (Å²) in [7, 11) is 2.25. The lowest BCUT2D eigenvalue weighted by atomic mass is 9.91. The van der Waals surface area contributed by atoms with Crippen molar-refractivity contribution in [2.24, 2.45) is 5.92 Å². The molecule has 1 aliphatic rings. The van der Waals surface area contributed by atoms with Gasteiger partial charge in [0, 0.05) is 5.54 Å². The van der Waals surface area contributed by atoms with E-state index in [4.69, 9.17) is 0 Å². The van der Waals surface area contributed by atoms with Gasteiger partial charge < -0.3 is 4.90 Å². The molecule has 1 heteroatoms. The molecule has 1 nitrogen and oxygen atoms in total. The van der Waals surface area contributed by atoms with Crippen molar-refractivity contribution >= 4 is 0 Å². The van der Waals surface area contributed by atoms with Crippen molar-refractivity contribution in [3.05, 3.63) is 0 Å². The van der Waals surface area contributed by atoms with E-state index in [2.05, 4.69) is 32.7 Å². The van der Waals surface area contributed by atoms with Gasteiger partial charge in [-0.2, -0.15) is 0 Å². The highest BCUT2D eigenvalue weighted by Gasteiger charge is 2.42. The average Bonchev–Trinajstić information content (AvgIpc) is 2.84. The Morgan fingerprint density at radius 2 is 1.91 bits per heavy atom. The first-order valence-corrected chi connectivity index (χ1v) is 4.86. The first-order chi connectivity index (χ1) is 5.15. The average molecular weight is 155 g/mol. The Balaban J connectivity index is 2.56. The summed E-state index contributed by atoms with van der Waals surface area (Å²) in [6, 6.07) is 0. The van der Waals surface area contributed by atoms with Gasteiger partial charge in [-0.1, -0.05) is 13.8 Å². The molecule has 0 heterocycles. The van der Waals surface area contributed by atoms with E-state index in [1.807, 2.05) is 0 Å². The largest absolute Gasteiger partial charge is 0.301 e. The van der Waals surface area contributed by atoms with Crippen molar-refractivity contribution < 1.29 is 0 Å². The van der Waals surface area contributed by atoms with Gasteiger partial charge in [-0.05, 0) is 45.7 Å². The van der Waals surface area contributed by atoms with Crippen molar-refractivity contribution in [1.29, 1.82) is 0 Å². The molecule has 1 atom stereocenters. The third-order valence-corrected chi connectivity index (χ3v) is 3.52. The van der Waals surface area contributed by atoms with Gasteiger partial charge in [0.2, 0.25) is 0 Å². The minimum atomic E-state index is 0.495. The highest BCUT2D eigenvalue weighted by atomic mass is 15.2. The third kappa shape index (κ3) is 1.58. The summed E-state index contributed by atoms with van der Waals surface area (Å²) < 4.78 is 0. The van der Waals surface area contributed by atoms with Crippen LogP contribution in [-0.2, 0) is 0 Å². The molecule has 0 spiro atoms. The minimum absolute atomic E-state index is 0.495. The molecule has 0 aromatic rings. The molecule has 1 aliphatic carbocycles. The lowest BCUT2D eigenvalue weighted by Crippen LogP contribution is -2.45. The number of hydrogen-bond donors (Lipinski definition) is 0. The van der Waals surface area contributed by atoms with Crippen molar-refractivity contribution in [2.75, 3.05) is 13.6 Å². The Morgan fingerprint density at radius 1 is 1.36 bits per heavy atom. The summed E-state index contributed by atoms with van der Waals surface area (Å²) in [6.45, 7) is 8.15. The second-order valence-electron chi connectivity index (χ2n) is 4.00. The zero-order valence-electron chi connectivity index (χ0n) is 8.35. The van der Waals surface area contributed by atoms with Gasteiger partial charge in [0.1, 0.15) is 0 Å². The summed E-state index contributed by atoms with van der Waals surface area (Å²) in [6.07, 6.45) is 4.20. The number of nitrogens with zero attached hydrogens (tertiary/aromatic N) is 1. The summed E-state index contributed by atoms with van der Waals surface area (Å²) in [4.78, 5) is 2.50. The Hall–Kier alpha value is -0.0400. The van der Waals surface area contributed by atoms with Gasteiger partial charge in [-0.3, -0.25) is 0 Å². The Bertz CT molecular complexity index is 129. The molecule has 1 fully saturated rings. The summed E-state index contributed by atoms with van der Waals surface area (Å²) in [5.74, 6) is 0.984. The highest BCUT2D eigenvalue weighted by Crippen LogP contribution is 2.44. The fourth-order valence-electron chi connectivity index (χ4n) is 1.94. The topological polar surface area (TPSA) is 3.24 Å². The molecule has 0 amide bonds. The zero-order valence-corrected chi connectivity index (χ0v) is 8.35. The van der Waals surface area contributed by atoms with Gasteiger partial charge in [-0.15, -0.1) is 0 Å². The van der Waals surface area contributed by atoms with Crippen LogP contribution in [0.15, 0.2) is 0 Å². The van der Waals surface area contributed by atoms with E-state index >= 15 is 0 Å². The predicted molar refractivity (Wildman–Crippen MR) is 49.7 cm³/mol. The van der Waals surface area contributed by atoms with Crippen molar-refractivity contribution in [3.8, 4) is 0 Å². The lowest BCUT2D eigenvalue weighted by molar-refractivity contribution is 0.114. The second-order valence-corrected chi connectivity index (χ2v) is 4.00. The maximum Gasteiger partial charge on any atom is 0.0203 e. The maximum atomic E-state index is 2.50. The summed E-state index contributed by atoms with van der Waals surface area (Å²) in [5, 5.41) is 0. The van der Waals surface area contributed by atoms with Crippen LogP contribution in [0.5, 0.6) is 0 Å². The predicted octanol–water partition coefficient (Wildman–Crippen LogP) is 2.52. The zero-order chi connectivity index (χ0) is 8.48. The Morgan fingerprint density at radius 3 is 2.18 bits per heavy atom. The molecule has 1 unspecified atom stereocenters. The summed E-state index contributed by atoms with van der Waals surface area (Å²) in [5.41, 5.74) is 0.495. The third-order valence-electron chi connectivity index (χ3n) is 3.52. The number of hydrogen-bond acceptors (Lipinski definition) is 1. The molecule has 0 radical (unpaired) electrons. The van der Waals surface area contributed by atoms with E-state index in [-0.39, 0.29) is 0 Å². The summed E-state index contributed by atoms with van der Waals surface area (Å²) >= 11 is 0. The fraction of sp³-hybridized carbons (Fsp3) is 1.00. The van der Waals surface area contributed by atoms with E-state index in [0.29, 0.717) is 5.54 Å². The van der Waals surface area contributed by atoms with Gasteiger partial charge >= 0.3 is 0 Å². The first-order valence-electron chi connectivity index (χ1n) is 4.86. The monoisotopic (exact) mass is 155 g/mol. The first kappa shape index (κ1) is 9.05. The molecule has 0 saturated heterocycles. The van der Waals surface area contributed by atoms with E-state index < -0.39 is 0 Å². The van der Waals surface area contributed by atoms with Crippen molar-refractivity contribution in [2.45, 2.75) is 45.6 Å². The minimum Gasteiger partial charge on any atom is -0.301 e. The lowest BCUT2D eigenvalue weighted by Gasteiger charge is -2.38. The standard InChI is InChI=1S/C10H21N/c1-5-10(3,9-7-8-9)11(4)6-2/h9H,5-8H2,1-4H3. The van der Waals surface area contributed by atoms with Gasteiger partial charge in [-0.25, -0.2) is 0 Å². The molecule has 0 bridgehead atoms. The van der Waals surface area contributed by atoms with Crippen LogP contribution >= 0.6 is 0 Å². The highest BCUT2D eigenvalue weighted by molar-refractivity contribution is 4.97. The maximum absolute atomic E-state index is 2.50. The van der Waals surface area contributed by atoms with Crippen LogP contribution in [0.1, 0.15) is 40.0 Å². The van der Waals surface area contributed by atoms with Crippen LogP contribution in [0.2, 0.25) is 0 Å². The quantitative estimate of drug-likeness (QED) is 0.603. The van der Waals surface area contributed by atoms with Crippen molar-refractivity contribution in [1.82, 2.24) is 4.90 Å².